The van der Waals surface area contributed by atoms with E-state index in [4.69, 9.17) is 4.74 Å². The Labute approximate surface area is 167 Å². The number of hydrogen-bond donors (Lipinski definition) is 0. The van der Waals surface area contributed by atoms with Gasteiger partial charge in [0.25, 0.3) is 0 Å². The van der Waals surface area contributed by atoms with Crippen molar-refractivity contribution >= 4 is 23.8 Å². The number of amides is 2. The van der Waals surface area contributed by atoms with E-state index in [0.717, 1.165) is 17.0 Å². The van der Waals surface area contributed by atoms with Crippen LogP contribution >= 0.6 is 11.8 Å². The van der Waals surface area contributed by atoms with Crippen LogP contribution in [0.1, 0.15) is 53.0 Å². The van der Waals surface area contributed by atoms with Crippen LogP contribution in [0.2, 0.25) is 0 Å². The van der Waals surface area contributed by atoms with Gasteiger partial charge in [-0.05, 0) is 51.3 Å². The van der Waals surface area contributed by atoms with Gasteiger partial charge < -0.3 is 4.74 Å². The molecular weight excluding hydrogens is 391 g/mol. The topological polar surface area (TPSA) is 46.6 Å². The van der Waals surface area contributed by atoms with Gasteiger partial charge in [0.2, 0.25) is 5.91 Å². The highest BCUT2D eigenvalue weighted by Crippen LogP contribution is 2.44. The molecule has 2 amide bonds. The molecule has 0 aromatic heterocycles. The van der Waals surface area contributed by atoms with Crippen molar-refractivity contribution < 1.29 is 27.5 Å². The number of rotatable bonds is 3. The molecule has 8 heteroatoms. The summed E-state index contributed by atoms with van der Waals surface area (Å²) in [5, 5.41) is 0. The third kappa shape index (κ3) is 5.90. The molecule has 0 aliphatic carbocycles. The molecule has 1 heterocycles. The molecular formula is C20H26F3NO3S. The van der Waals surface area contributed by atoms with Gasteiger partial charge in [-0.25, -0.2) is 9.69 Å². The standard InChI is InChI=1S/C20H26F3NO3S/c1-18(2,3)27-17(26)24-10-9-13(12-16(24)25)19(4,5)28-15-8-6-7-14(11-15)20(21,22)23/h6-8,11,13H,9-10,12H2,1-5H3. The van der Waals surface area contributed by atoms with E-state index in [-0.39, 0.29) is 24.8 Å². The van der Waals surface area contributed by atoms with Crippen molar-refractivity contribution in [1.29, 1.82) is 0 Å². The van der Waals surface area contributed by atoms with E-state index >= 15 is 0 Å². The number of nitrogens with zero attached hydrogens (tertiary/aromatic N) is 1. The summed E-state index contributed by atoms with van der Waals surface area (Å²) in [5.74, 6) is -0.388. The minimum Gasteiger partial charge on any atom is -0.443 e. The number of benzene rings is 1. The van der Waals surface area contributed by atoms with E-state index in [9.17, 15) is 22.8 Å². The molecule has 0 N–H and O–H groups in total. The average Bonchev–Trinajstić information content (AvgIpc) is 2.52. The second-order valence-electron chi connectivity index (χ2n) is 8.45. The number of halogens is 3. The van der Waals surface area contributed by atoms with Crippen LogP contribution in [0.15, 0.2) is 29.2 Å². The van der Waals surface area contributed by atoms with Crippen LogP contribution < -0.4 is 0 Å². The number of alkyl halides is 3. The van der Waals surface area contributed by atoms with Crippen molar-refractivity contribution in [3.05, 3.63) is 29.8 Å². The first-order chi connectivity index (χ1) is 12.7. The number of ether oxygens (including phenoxy) is 1. The first-order valence-corrected chi connectivity index (χ1v) is 9.90. The number of hydrogen-bond acceptors (Lipinski definition) is 4. The molecule has 1 atom stereocenters. The monoisotopic (exact) mass is 417 g/mol. The summed E-state index contributed by atoms with van der Waals surface area (Å²) in [4.78, 5) is 26.3. The average molecular weight is 417 g/mol. The second kappa shape index (κ2) is 7.97. The summed E-state index contributed by atoms with van der Waals surface area (Å²) in [7, 11) is 0. The maximum absolute atomic E-state index is 12.9. The minimum atomic E-state index is -4.39. The van der Waals surface area contributed by atoms with Crippen molar-refractivity contribution in [2.75, 3.05) is 6.54 Å². The highest BCUT2D eigenvalue weighted by molar-refractivity contribution is 8.00. The van der Waals surface area contributed by atoms with E-state index in [1.54, 1.807) is 26.8 Å². The molecule has 1 aromatic rings. The van der Waals surface area contributed by atoms with Crippen LogP contribution in [0.4, 0.5) is 18.0 Å². The van der Waals surface area contributed by atoms with Crippen molar-refractivity contribution in [3.8, 4) is 0 Å². The molecule has 1 saturated heterocycles. The largest absolute Gasteiger partial charge is 0.443 e. The molecule has 0 bridgehead atoms. The summed E-state index contributed by atoms with van der Waals surface area (Å²) in [5.41, 5.74) is -1.38. The summed E-state index contributed by atoms with van der Waals surface area (Å²) < 4.78 is 43.6. The highest BCUT2D eigenvalue weighted by Gasteiger charge is 2.40. The van der Waals surface area contributed by atoms with Gasteiger partial charge in [0.15, 0.2) is 0 Å². The third-order valence-corrected chi connectivity index (χ3v) is 5.91. The zero-order valence-electron chi connectivity index (χ0n) is 16.7. The lowest BCUT2D eigenvalue weighted by molar-refractivity contribution is -0.137. The minimum absolute atomic E-state index is 0.0711. The number of likely N-dealkylation sites (tertiary alicyclic amines) is 1. The number of thioether (sulfide) groups is 1. The summed E-state index contributed by atoms with van der Waals surface area (Å²) in [6.07, 6.45) is -4.32. The fraction of sp³-hybridized carbons (Fsp3) is 0.600. The van der Waals surface area contributed by atoms with Gasteiger partial charge in [-0.3, -0.25) is 4.79 Å². The SMILES string of the molecule is CC(C)(C)OC(=O)N1CCC(C(C)(C)Sc2cccc(C(F)(F)F)c2)CC1=O. The lowest BCUT2D eigenvalue weighted by Gasteiger charge is -2.39. The number of carbonyl (C=O) groups is 2. The quantitative estimate of drug-likeness (QED) is 0.588. The number of carbonyl (C=O) groups excluding carboxylic acids is 2. The Morgan fingerprint density at radius 2 is 1.82 bits per heavy atom. The molecule has 0 saturated carbocycles. The van der Waals surface area contributed by atoms with Gasteiger partial charge in [0.1, 0.15) is 5.60 Å². The second-order valence-corrected chi connectivity index (χ2v) is 10.2. The lowest BCUT2D eigenvalue weighted by Crippen LogP contribution is -2.48. The van der Waals surface area contributed by atoms with Crippen molar-refractivity contribution in [2.45, 2.75) is 68.9 Å². The zero-order valence-corrected chi connectivity index (χ0v) is 17.5. The summed E-state index contributed by atoms with van der Waals surface area (Å²) in [6.45, 7) is 9.27. The van der Waals surface area contributed by atoms with Crippen molar-refractivity contribution in [2.24, 2.45) is 5.92 Å². The zero-order chi connectivity index (χ0) is 21.3. The first kappa shape index (κ1) is 22.6. The summed E-state index contributed by atoms with van der Waals surface area (Å²) in [6, 6.07) is 5.20. The van der Waals surface area contributed by atoms with Crippen LogP contribution in [-0.2, 0) is 15.7 Å². The number of piperidine rings is 1. The van der Waals surface area contributed by atoms with Gasteiger partial charge in [0, 0.05) is 22.6 Å². The predicted octanol–water partition coefficient (Wildman–Crippen LogP) is 5.75. The van der Waals surface area contributed by atoms with Crippen molar-refractivity contribution in [1.82, 2.24) is 4.90 Å². The Morgan fingerprint density at radius 1 is 1.18 bits per heavy atom. The normalized spacial score (nSPS) is 18.9. The molecule has 2 rings (SSSR count). The van der Waals surface area contributed by atoms with Crippen LogP contribution in [0.25, 0.3) is 0 Å². The molecule has 0 radical (unpaired) electrons. The maximum atomic E-state index is 12.9. The Morgan fingerprint density at radius 3 is 2.36 bits per heavy atom. The molecule has 28 heavy (non-hydrogen) atoms. The van der Waals surface area contributed by atoms with Gasteiger partial charge in [-0.2, -0.15) is 13.2 Å². The van der Waals surface area contributed by atoms with E-state index in [1.807, 2.05) is 13.8 Å². The molecule has 1 aliphatic rings. The van der Waals surface area contributed by atoms with E-state index in [1.165, 1.54) is 17.8 Å². The van der Waals surface area contributed by atoms with E-state index in [0.29, 0.717) is 11.3 Å². The van der Waals surface area contributed by atoms with Gasteiger partial charge in [-0.1, -0.05) is 19.9 Å². The van der Waals surface area contributed by atoms with Gasteiger partial charge in [0.05, 0.1) is 5.56 Å². The van der Waals surface area contributed by atoms with Gasteiger partial charge >= 0.3 is 12.3 Å². The Balaban J connectivity index is 2.06. The summed E-state index contributed by atoms with van der Waals surface area (Å²) >= 11 is 1.32. The molecule has 1 fully saturated rings. The molecule has 0 spiro atoms. The van der Waals surface area contributed by atoms with Gasteiger partial charge in [-0.15, -0.1) is 11.8 Å². The fourth-order valence-electron chi connectivity index (χ4n) is 3.06. The van der Waals surface area contributed by atoms with Crippen LogP contribution in [-0.4, -0.2) is 33.8 Å². The molecule has 1 unspecified atom stereocenters. The Bertz CT molecular complexity index is 741. The molecule has 1 aliphatic heterocycles. The highest BCUT2D eigenvalue weighted by atomic mass is 32.2. The Kier molecular flexibility index (Phi) is 6.43. The fourth-order valence-corrected chi connectivity index (χ4v) is 4.37. The predicted molar refractivity (Wildman–Crippen MR) is 102 cm³/mol. The number of imide groups is 1. The molecule has 156 valence electrons. The third-order valence-electron chi connectivity index (χ3n) is 4.56. The van der Waals surface area contributed by atoms with Crippen LogP contribution in [0.5, 0.6) is 0 Å². The van der Waals surface area contributed by atoms with E-state index < -0.39 is 28.2 Å². The van der Waals surface area contributed by atoms with Crippen LogP contribution in [0, 0.1) is 5.92 Å². The molecule has 1 aromatic carbocycles. The maximum Gasteiger partial charge on any atom is 0.417 e. The molecule has 4 nitrogen and oxygen atoms in total. The Hall–Kier alpha value is -1.70. The smallest absolute Gasteiger partial charge is 0.417 e. The first-order valence-electron chi connectivity index (χ1n) is 9.09. The van der Waals surface area contributed by atoms with Crippen molar-refractivity contribution in [3.63, 3.8) is 0 Å². The lowest BCUT2D eigenvalue weighted by atomic mass is 9.85. The van der Waals surface area contributed by atoms with Crippen LogP contribution in [0.3, 0.4) is 0 Å². The van der Waals surface area contributed by atoms with E-state index in [2.05, 4.69) is 0 Å².